The van der Waals surface area contributed by atoms with Crippen molar-refractivity contribution >= 4 is 11.6 Å². The molecule has 0 aliphatic rings. The Bertz CT molecular complexity index is 653. The number of nitrogens with one attached hydrogen (secondary N) is 1. The van der Waals surface area contributed by atoms with Crippen LogP contribution in [0.4, 0.5) is 5.69 Å². The number of hydrogen-bond acceptors (Lipinski definition) is 3. The second kappa shape index (κ2) is 6.31. The number of benzene rings is 2. The third kappa shape index (κ3) is 3.34. The topological polar surface area (TPSA) is 64.3 Å². The van der Waals surface area contributed by atoms with Gasteiger partial charge in [0.2, 0.25) is 0 Å². The van der Waals surface area contributed by atoms with E-state index >= 15 is 0 Å². The maximum absolute atomic E-state index is 12.3. The van der Waals surface area contributed by atoms with E-state index in [1.165, 1.54) is 0 Å². The van der Waals surface area contributed by atoms with Crippen LogP contribution in [0, 0.1) is 6.92 Å². The van der Waals surface area contributed by atoms with Gasteiger partial charge >= 0.3 is 0 Å². The van der Waals surface area contributed by atoms with Crippen LogP contribution in [0.1, 0.15) is 34.5 Å². The van der Waals surface area contributed by atoms with E-state index in [2.05, 4.69) is 5.32 Å². The predicted molar refractivity (Wildman–Crippen MR) is 84.5 cm³/mol. The van der Waals surface area contributed by atoms with Gasteiger partial charge in [0.1, 0.15) is 5.75 Å². The predicted octanol–water partition coefficient (Wildman–Crippen LogP) is 3.08. The summed E-state index contributed by atoms with van der Waals surface area (Å²) >= 11 is 0. The molecule has 2 aromatic carbocycles. The first-order chi connectivity index (χ1) is 10.0. The molecular formula is C17H20N2O2. The van der Waals surface area contributed by atoms with E-state index in [0.29, 0.717) is 11.3 Å². The summed E-state index contributed by atoms with van der Waals surface area (Å²) in [6, 6.07) is 12.8. The van der Waals surface area contributed by atoms with Crippen LogP contribution in [0.15, 0.2) is 42.5 Å². The first kappa shape index (κ1) is 14.9. The minimum atomic E-state index is -0.147. The highest BCUT2D eigenvalue weighted by atomic mass is 16.5. The highest BCUT2D eigenvalue weighted by Crippen LogP contribution is 2.24. The van der Waals surface area contributed by atoms with Gasteiger partial charge in [-0.3, -0.25) is 4.79 Å². The number of para-hydroxylation sites is 1. The van der Waals surface area contributed by atoms with Crippen molar-refractivity contribution in [1.29, 1.82) is 0 Å². The van der Waals surface area contributed by atoms with Gasteiger partial charge in [0.05, 0.1) is 13.2 Å². The number of ether oxygens (including phenoxy) is 1. The van der Waals surface area contributed by atoms with Crippen molar-refractivity contribution in [3.8, 4) is 5.75 Å². The molecular weight excluding hydrogens is 264 g/mol. The van der Waals surface area contributed by atoms with Crippen LogP contribution in [-0.2, 0) is 0 Å². The Morgan fingerprint density at radius 1 is 1.24 bits per heavy atom. The fraction of sp³-hybridized carbons (Fsp3) is 0.235. The van der Waals surface area contributed by atoms with E-state index in [1.54, 1.807) is 25.3 Å². The summed E-state index contributed by atoms with van der Waals surface area (Å²) in [4.78, 5) is 12.3. The van der Waals surface area contributed by atoms with Gasteiger partial charge in [-0.2, -0.15) is 0 Å². The minimum absolute atomic E-state index is 0.128. The minimum Gasteiger partial charge on any atom is -0.496 e. The van der Waals surface area contributed by atoms with Crippen LogP contribution in [0.25, 0.3) is 0 Å². The molecule has 0 aliphatic carbocycles. The lowest BCUT2D eigenvalue weighted by Gasteiger charge is -2.17. The molecule has 4 nitrogen and oxygen atoms in total. The molecule has 1 atom stereocenters. The van der Waals surface area contributed by atoms with Crippen LogP contribution >= 0.6 is 0 Å². The summed E-state index contributed by atoms with van der Waals surface area (Å²) in [5.41, 5.74) is 8.90. The Balaban J connectivity index is 2.16. The van der Waals surface area contributed by atoms with Gasteiger partial charge in [0, 0.05) is 16.8 Å². The maximum Gasteiger partial charge on any atom is 0.251 e. The third-order valence-corrected chi connectivity index (χ3v) is 3.49. The number of methoxy groups -OCH3 is 1. The smallest absolute Gasteiger partial charge is 0.251 e. The number of hydrogen-bond donors (Lipinski definition) is 2. The van der Waals surface area contributed by atoms with Gasteiger partial charge in [-0.1, -0.05) is 18.2 Å². The van der Waals surface area contributed by atoms with Crippen LogP contribution in [0.2, 0.25) is 0 Å². The van der Waals surface area contributed by atoms with Crippen LogP contribution < -0.4 is 15.8 Å². The number of nitrogen functional groups attached to an aromatic ring is 1. The maximum atomic E-state index is 12.3. The van der Waals surface area contributed by atoms with Crippen molar-refractivity contribution in [1.82, 2.24) is 5.32 Å². The van der Waals surface area contributed by atoms with Gasteiger partial charge in [-0.15, -0.1) is 0 Å². The van der Waals surface area contributed by atoms with Gasteiger partial charge in [-0.05, 0) is 43.7 Å². The summed E-state index contributed by atoms with van der Waals surface area (Å²) in [5, 5.41) is 2.97. The highest BCUT2D eigenvalue weighted by molar-refractivity contribution is 5.95. The lowest BCUT2D eigenvalue weighted by atomic mass is 10.1. The number of aryl methyl sites for hydroxylation is 1. The molecule has 0 spiro atoms. The molecule has 0 heterocycles. The molecule has 0 fully saturated rings. The number of amides is 1. The molecule has 0 saturated heterocycles. The van der Waals surface area contributed by atoms with E-state index < -0.39 is 0 Å². The van der Waals surface area contributed by atoms with Gasteiger partial charge < -0.3 is 15.8 Å². The van der Waals surface area contributed by atoms with E-state index in [9.17, 15) is 4.79 Å². The van der Waals surface area contributed by atoms with Gasteiger partial charge in [-0.25, -0.2) is 0 Å². The molecule has 0 radical (unpaired) electrons. The van der Waals surface area contributed by atoms with Crippen LogP contribution in [-0.4, -0.2) is 13.0 Å². The van der Waals surface area contributed by atoms with E-state index in [1.807, 2.05) is 38.1 Å². The van der Waals surface area contributed by atoms with Gasteiger partial charge in [0.25, 0.3) is 5.91 Å². The van der Waals surface area contributed by atoms with Crippen molar-refractivity contribution in [3.63, 3.8) is 0 Å². The molecule has 0 unspecified atom stereocenters. The SMILES string of the molecule is COc1ccccc1[C@H](C)NC(=O)c1ccc(N)c(C)c1. The number of rotatable bonds is 4. The summed E-state index contributed by atoms with van der Waals surface area (Å²) < 4.78 is 5.32. The molecule has 110 valence electrons. The second-order valence-corrected chi connectivity index (χ2v) is 5.01. The van der Waals surface area contributed by atoms with Crippen LogP contribution in [0.5, 0.6) is 5.75 Å². The molecule has 0 bridgehead atoms. The average Bonchev–Trinajstić information content (AvgIpc) is 2.49. The Kier molecular flexibility index (Phi) is 4.48. The first-order valence-electron chi connectivity index (χ1n) is 6.83. The number of carbonyl (C=O) groups excluding carboxylic acids is 1. The summed E-state index contributed by atoms with van der Waals surface area (Å²) in [6.45, 7) is 3.82. The lowest BCUT2D eigenvalue weighted by Crippen LogP contribution is -2.27. The van der Waals surface area contributed by atoms with E-state index in [4.69, 9.17) is 10.5 Å². The molecule has 1 amide bonds. The molecule has 4 heteroatoms. The highest BCUT2D eigenvalue weighted by Gasteiger charge is 2.15. The summed E-state index contributed by atoms with van der Waals surface area (Å²) in [5.74, 6) is 0.635. The molecule has 3 N–H and O–H groups in total. The van der Waals surface area contributed by atoms with Gasteiger partial charge in [0.15, 0.2) is 0 Å². The zero-order valence-corrected chi connectivity index (χ0v) is 12.5. The van der Waals surface area contributed by atoms with E-state index in [-0.39, 0.29) is 11.9 Å². The van der Waals surface area contributed by atoms with Crippen molar-refractivity contribution in [3.05, 3.63) is 59.2 Å². The molecule has 0 aliphatic heterocycles. The monoisotopic (exact) mass is 284 g/mol. The summed E-state index contributed by atoms with van der Waals surface area (Å²) in [7, 11) is 1.62. The third-order valence-electron chi connectivity index (χ3n) is 3.49. The normalized spacial score (nSPS) is 11.8. The molecule has 0 aromatic heterocycles. The summed E-state index contributed by atoms with van der Waals surface area (Å²) in [6.07, 6.45) is 0. The number of anilines is 1. The quantitative estimate of drug-likeness (QED) is 0.848. The lowest BCUT2D eigenvalue weighted by molar-refractivity contribution is 0.0939. The Morgan fingerprint density at radius 2 is 1.95 bits per heavy atom. The van der Waals surface area contributed by atoms with Crippen molar-refractivity contribution in [2.75, 3.05) is 12.8 Å². The van der Waals surface area contributed by atoms with E-state index in [0.717, 1.165) is 16.9 Å². The Hall–Kier alpha value is -2.49. The Morgan fingerprint density at radius 3 is 2.62 bits per heavy atom. The molecule has 0 saturated carbocycles. The van der Waals surface area contributed by atoms with Crippen molar-refractivity contribution < 1.29 is 9.53 Å². The molecule has 21 heavy (non-hydrogen) atoms. The zero-order valence-electron chi connectivity index (χ0n) is 12.5. The zero-order chi connectivity index (χ0) is 15.4. The van der Waals surface area contributed by atoms with Crippen molar-refractivity contribution in [2.45, 2.75) is 19.9 Å². The Labute approximate surface area is 124 Å². The molecule has 2 aromatic rings. The largest absolute Gasteiger partial charge is 0.496 e. The van der Waals surface area contributed by atoms with Crippen molar-refractivity contribution in [2.24, 2.45) is 0 Å². The fourth-order valence-electron chi connectivity index (χ4n) is 2.20. The van der Waals surface area contributed by atoms with Crippen LogP contribution in [0.3, 0.4) is 0 Å². The molecule has 2 rings (SSSR count). The average molecular weight is 284 g/mol. The number of nitrogens with two attached hydrogens (primary N) is 1. The fourth-order valence-corrected chi connectivity index (χ4v) is 2.20. The second-order valence-electron chi connectivity index (χ2n) is 5.01. The number of carbonyl (C=O) groups is 1. The standard InChI is InChI=1S/C17H20N2O2/c1-11-10-13(8-9-15(11)18)17(20)19-12(2)14-6-4-5-7-16(14)21-3/h4-10,12H,18H2,1-3H3,(H,19,20)/t12-/m0/s1. The first-order valence-corrected chi connectivity index (χ1v) is 6.83.